The Balaban J connectivity index is 1.71. The lowest BCUT2D eigenvalue weighted by Gasteiger charge is -2.20. The van der Waals surface area contributed by atoms with Crippen molar-refractivity contribution in [3.8, 4) is 11.5 Å². The summed E-state index contributed by atoms with van der Waals surface area (Å²) in [5.41, 5.74) is 7.93. The highest BCUT2D eigenvalue weighted by Gasteiger charge is 2.30. The lowest BCUT2D eigenvalue weighted by Crippen LogP contribution is -2.35. The van der Waals surface area contributed by atoms with E-state index in [1.807, 2.05) is 37.3 Å². The summed E-state index contributed by atoms with van der Waals surface area (Å²) in [5.74, 6) is 0.402. The van der Waals surface area contributed by atoms with Crippen molar-refractivity contribution in [1.82, 2.24) is 10.2 Å². The van der Waals surface area contributed by atoms with Gasteiger partial charge in [0.25, 0.3) is 0 Å². The third-order valence-corrected chi connectivity index (χ3v) is 7.57. The standard InChI is InChI=1S/C25H30N4O4S/c1-25(26,16-17-9-5-4-6-10-17)24-28-27-23(33-24)20-13-19(22(30)18-11-7-8-12-18)14-21(15-20)29(2)34(3,31)32/h4-6,9-10,13-15,18H,7-8,11-12,16,26H2,1-3H3/t25-/m1/s1. The van der Waals surface area contributed by atoms with Gasteiger partial charge in [-0.2, -0.15) is 0 Å². The fourth-order valence-corrected chi connectivity index (χ4v) is 4.83. The Hall–Kier alpha value is -3.04. The molecule has 0 unspecified atom stereocenters. The lowest BCUT2D eigenvalue weighted by atomic mass is 9.94. The average Bonchev–Trinajstić information content (AvgIpc) is 3.50. The Bertz CT molecular complexity index is 1280. The van der Waals surface area contributed by atoms with Gasteiger partial charge in [-0.25, -0.2) is 8.42 Å². The zero-order chi connectivity index (χ0) is 24.5. The largest absolute Gasteiger partial charge is 0.419 e. The van der Waals surface area contributed by atoms with Crippen molar-refractivity contribution in [3.05, 3.63) is 65.5 Å². The second-order valence-electron chi connectivity index (χ2n) is 9.34. The van der Waals surface area contributed by atoms with E-state index in [1.54, 1.807) is 18.2 Å². The summed E-state index contributed by atoms with van der Waals surface area (Å²) in [6.45, 7) is 1.82. The first-order chi connectivity index (χ1) is 16.0. The average molecular weight is 483 g/mol. The Morgan fingerprint density at radius 3 is 2.47 bits per heavy atom. The molecule has 4 rings (SSSR count). The second-order valence-corrected chi connectivity index (χ2v) is 11.4. The number of carbonyl (C=O) groups excluding carboxylic acids is 1. The number of hydrogen-bond donors (Lipinski definition) is 1. The molecule has 2 aromatic carbocycles. The molecule has 1 aromatic heterocycles. The van der Waals surface area contributed by atoms with Crippen LogP contribution in [0.5, 0.6) is 0 Å². The van der Waals surface area contributed by atoms with Crippen LogP contribution in [0.4, 0.5) is 5.69 Å². The third kappa shape index (κ3) is 5.20. The topological polar surface area (TPSA) is 119 Å². The lowest BCUT2D eigenvalue weighted by molar-refractivity contribution is 0.0923. The molecule has 0 saturated heterocycles. The molecule has 2 N–H and O–H groups in total. The highest BCUT2D eigenvalue weighted by Crippen LogP contribution is 2.33. The summed E-state index contributed by atoms with van der Waals surface area (Å²) in [6, 6.07) is 14.7. The predicted molar refractivity (Wildman–Crippen MR) is 131 cm³/mol. The number of nitrogens with two attached hydrogens (primary N) is 1. The summed E-state index contributed by atoms with van der Waals surface area (Å²) in [7, 11) is -2.08. The highest BCUT2D eigenvalue weighted by molar-refractivity contribution is 7.92. The third-order valence-electron chi connectivity index (χ3n) is 6.36. The minimum Gasteiger partial charge on any atom is -0.419 e. The van der Waals surface area contributed by atoms with Gasteiger partial charge in [-0.1, -0.05) is 43.2 Å². The number of nitrogens with zero attached hydrogens (tertiary/aromatic N) is 3. The number of benzene rings is 2. The molecule has 1 aliphatic carbocycles. The van der Waals surface area contributed by atoms with Crippen molar-refractivity contribution >= 4 is 21.5 Å². The molecule has 0 amide bonds. The van der Waals surface area contributed by atoms with E-state index in [1.165, 1.54) is 7.05 Å². The summed E-state index contributed by atoms with van der Waals surface area (Å²) in [6.07, 6.45) is 5.35. The van der Waals surface area contributed by atoms with Crippen LogP contribution in [0.2, 0.25) is 0 Å². The van der Waals surface area contributed by atoms with E-state index in [2.05, 4.69) is 10.2 Å². The van der Waals surface area contributed by atoms with Crippen molar-refractivity contribution in [2.75, 3.05) is 17.6 Å². The van der Waals surface area contributed by atoms with Crippen LogP contribution in [0.25, 0.3) is 11.5 Å². The predicted octanol–water partition coefficient (Wildman–Crippen LogP) is 3.92. The molecule has 3 aromatic rings. The van der Waals surface area contributed by atoms with Gasteiger partial charge in [-0.3, -0.25) is 9.10 Å². The van der Waals surface area contributed by atoms with E-state index < -0.39 is 15.6 Å². The van der Waals surface area contributed by atoms with Crippen LogP contribution < -0.4 is 10.0 Å². The van der Waals surface area contributed by atoms with Crippen LogP contribution in [-0.2, 0) is 22.0 Å². The molecule has 1 saturated carbocycles. The highest BCUT2D eigenvalue weighted by atomic mass is 32.2. The van der Waals surface area contributed by atoms with Crippen LogP contribution in [0.3, 0.4) is 0 Å². The fourth-order valence-electron chi connectivity index (χ4n) is 4.34. The molecule has 0 spiro atoms. The first-order valence-electron chi connectivity index (χ1n) is 11.3. The smallest absolute Gasteiger partial charge is 0.247 e. The SMILES string of the molecule is CN(c1cc(C(=O)C2CCCC2)cc(-c2nnc([C@](C)(N)Cc3ccccc3)o2)c1)S(C)(=O)=O. The van der Waals surface area contributed by atoms with Gasteiger partial charge in [0, 0.05) is 24.1 Å². The van der Waals surface area contributed by atoms with Gasteiger partial charge in [0.15, 0.2) is 5.78 Å². The Kier molecular flexibility index (Phi) is 6.60. The van der Waals surface area contributed by atoms with E-state index in [-0.39, 0.29) is 23.5 Å². The maximum absolute atomic E-state index is 13.2. The number of rotatable bonds is 8. The van der Waals surface area contributed by atoms with Gasteiger partial charge in [0.2, 0.25) is 21.8 Å². The number of aromatic nitrogens is 2. The number of ketones is 1. The fraction of sp³-hybridized carbons (Fsp3) is 0.400. The van der Waals surface area contributed by atoms with E-state index >= 15 is 0 Å². The first kappa shape index (κ1) is 24.1. The van der Waals surface area contributed by atoms with Gasteiger partial charge in [-0.05, 0) is 49.9 Å². The Morgan fingerprint density at radius 1 is 1.15 bits per heavy atom. The van der Waals surface area contributed by atoms with Crippen LogP contribution in [0.1, 0.15) is 54.4 Å². The van der Waals surface area contributed by atoms with Crippen molar-refractivity contribution in [3.63, 3.8) is 0 Å². The van der Waals surface area contributed by atoms with Gasteiger partial charge in [-0.15, -0.1) is 10.2 Å². The monoisotopic (exact) mass is 482 g/mol. The molecule has 0 aliphatic heterocycles. The summed E-state index contributed by atoms with van der Waals surface area (Å²) >= 11 is 0. The van der Waals surface area contributed by atoms with Crippen LogP contribution in [-0.4, -0.2) is 37.7 Å². The second kappa shape index (κ2) is 9.31. The molecule has 9 heteroatoms. The van der Waals surface area contributed by atoms with E-state index in [0.29, 0.717) is 23.2 Å². The normalized spacial score (nSPS) is 16.4. The van der Waals surface area contributed by atoms with E-state index in [9.17, 15) is 13.2 Å². The van der Waals surface area contributed by atoms with Crippen molar-refractivity contribution < 1.29 is 17.6 Å². The van der Waals surface area contributed by atoms with Crippen molar-refractivity contribution in [2.45, 2.75) is 44.6 Å². The molecular formula is C25H30N4O4S. The minimum absolute atomic E-state index is 0.00924. The van der Waals surface area contributed by atoms with Gasteiger partial charge < -0.3 is 10.2 Å². The zero-order valence-corrected chi connectivity index (χ0v) is 20.5. The molecule has 34 heavy (non-hydrogen) atoms. The van der Waals surface area contributed by atoms with Crippen molar-refractivity contribution in [1.29, 1.82) is 0 Å². The maximum atomic E-state index is 13.2. The molecule has 180 valence electrons. The Morgan fingerprint density at radius 2 is 1.82 bits per heavy atom. The van der Waals surface area contributed by atoms with Crippen LogP contribution >= 0.6 is 0 Å². The quantitative estimate of drug-likeness (QED) is 0.483. The summed E-state index contributed by atoms with van der Waals surface area (Å²) in [5, 5.41) is 8.36. The molecule has 1 fully saturated rings. The minimum atomic E-state index is -3.53. The molecule has 0 bridgehead atoms. The number of Topliss-reactive ketones (excluding diaryl/α,β-unsaturated/α-hetero) is 1. The maximum Gasteiger partial charge on any atom is 0.247 e. The number of hydrogen-bond acceptors (Lipinski definition) is 7. The van der Waals surface area contributed by atoms with Crippen LogP contribution in [0.15, 0.2) is 52.9 Å². The molecule has 1 atom stereocenters. The molecule has 8 nitrogen and oxygen atoms in total. The molecule has 0 radical (unpaired) electrons. The Labute approximate surface area is 200 Å². The number of anilines is 1. The number of sulfonamides is 1. The molecule has 1 heterocycles. The summed E-state index contributed by atoms with van der Waals surface area (Å²) < 4.78 is 31.5. The summed E-state index contributed by atoms with van der Waals surface area (Å²) in [4.78, 5) is 13.2. The number of carbonyl (C=O) groups is 1. The van der Waals surface area contributed by atoms with Gasteiger partial charge in [0.05, 0.1) is 17.5 Å². The molecule has 1 aliphatic rings. The molecular weight excluding hydrogens is 452 g/mol. The van der Waals surface area contributed by atoms with E-state index in [0.717, 1.165) is 41.8 Å². The van der Waals surface area contributed by atoms with Crippen LogP contribution in [0, 0.1) is 5.92 Å². The first-order valence-corrected chi connectivity index (χ1v) is 13.2. The zero-order valence-electron chi connectivity index (χ0n) is 19.7. The van der Waals surface area contributed by atoms with Crippen molar-refractivity contribution in [2.24, 2.45) is 11.7 Å². The van der Waals surface area contributed by atoms with E-state index in [4.69, 9.17) is 10.2 Å². The van der Waals surface area contributed by atoms with Gasteiger partial charge in [0.1, 0.15) is 0 Å². The van der Waals surface area contributed by atoms with Gasteiger partial charge >= 0.3 is 0 Å².